The molecule has 1 fully saturated rings. The second-order valence-electron chi connectivity index (χ2n) is 7.05. The van der Waals surface area contributed by atoms with Crippen LogP contribution in [0.25, 0.3) is 0 Å². The molecule has 0 bridgehead atoms. The normalized spacial score (nSPS) is 28.6. The molecule has 3 rings (SSSR count). The summed E-state index contributed by atoms with van der Waals surface area (Å²) < 4.78 is 7.60. The minimum atomic E-state index is 0.397. The van der Waals surface area contributed by atoms with Gasteiger partial charge in [-0.15, -0.1) is 0 Å². The van der Waals surface area contributed by atoms with Gasteiger partial charge < -0.3 is 10.1 Å². The minimum Gasteiger partial charge on any atom is -0.377 e. The molecule has 1 saturated heterocycles. The van der Waals surface area contributed by atoms with Gasteiger partial charge in [0.25, 0.3) is 0 Å². The van der Waals surface area contributed by atoms with Crippen LogP contribution in [0.5, 0.6) is 0 Å². The van der Waals surface area contributed by atoms with Crippen LogP contribution in [-0.2, 0) is 11.3 Å². The lowest BCUT2D eigenvalue weighted by molar-refractivity contribution is -0.00595. The van der Waals surface area contributed by atoms with E-state index < -0.39 is 0 Å². The third-order valence-corrected chi connectivity index (χ3v) is 6.01. The number of allylic oxidation sites excluding steroid dienone is 1. The summed E-state index contributed by atoms with van der Waals surface area (Å²) >= 11 is 3.59. The third kappa shape index (κ3) is 5.16. The van der Waals surface area contributed by atoms with Crippen LogP contribution in [0.1, 0.15) is 31.2 Å². The van der Waals surface area contributed by atoms with Crippen LogP contribution >= 0.6 is 15.9 Å². The Kier molecular flexibility index (Phi) is 6.90. The van der Waals surface area contributed by atoms with Crippen molar-refractivity contribution >= 4 is 15.9 Å². The number of rotatable bonds is 6. The lowest BCUT2D eigenvalue weighted by atomic mass is 9.92. The highest BCUT2D eigenvalue weighted by Crippen LogP contribution is 2.26. The highest BCUT2D eigenvalue weighted by atomic mass is 79.9. The molecule has 1 aromatic rings. The first-order valence-electron chi connectivity index (χ1n) is 9.14. The van der Waals surface area contributed by atoms with Gasteiger partial charge in [-0.25, -0.2) is 0 Å². The van der Waals surface area contributed by atoms with E-state index in [-0.39, 0.29) is 0 Å². The van der Waals surface area contributed by atoms with E-state index >= 15 is 0 Å². The molecule has 24 heavy (non-hydrogen) atoms. The third-order valence-electron chi connectivity index (χ3n) is 5.29. The Hall–Kier alpha value is -0.680. The Morgan fingerprint density at radius 1 is 1.25 bits per heavy atom. The lowest BCUT2D eigenvalue weighted by Crippen LogP contribution is -2.50. The number of benzene rings is 1. The second kappa shape index (κ2) is 9.14. The Labute approximate surface area is 154 Å². The number of likely N-dealkylation sites (tertiary alicyclic amines) is 1. The summed E-state index contributed by atoms with van der Waals surface area (Å²) in [5, 5.41) is 3.51. The number of piperidine rings is 1. The lowest BCUT2D eigenvalue weighted by Gasteiger charge is -2.39. The van der Waals surface area contributed by atoms with E-state index in [4.69, 9.17) is 4.74 Å². The van der Waals surface area contributed by atoms with Gasteiger partial charge in [0.15, 0.2) is 0 Å². The number of nitrogens with zero attached hydrogens (tertiary/aromatic N) is 1. The van der Waals surface area contributed by atoms with E-state index in [2.05, 4.69) is 69.6 Å². The largest absolute Gasteiger partial charge is 0.377 e. The zero-order chi connectivity index (χ0) is 16.8. The topological polar surface area (TPSA) is 24.5 Å². The first kappa shape index (κ1) is 18.1. The second-order valence-corrected chi connectivity index (χ2v) is 8.06. The molecule has 1 aliphatic carbocycles. The van der Waals surface area contributed by atoms with Crippen molar-refractivity contribution in [2.24, 2.45) is 5.92 Å². The van der Waals surface area contributed by atoms with Gasteiger partial charge in [-0.3, -0.25) is 4.90 Å². The number of ether oxygens (including phenoxy) is 1. The summed E-state index contributed by atoms with van der Waals surface area (Å²) in [5.74, 6) is 0.571. The molecule has 1 aliphatic heterocycles. The van der Waals surface area contributed by atoms with Crippen LogP contribution in [0.2, 0.25) is 0 Å². The molecule has 4 heteroatoms. The average Bonchev–Trinajstić information content (AvgIpc) is 2.62. The van der Waals surface area contributed by atoms with Crippen molar-refractivity contribution in [3.8, 4) is 0 Å². The number of hydrogen-bond donors (Lipinski definition) is 1. The number of hydrogen-bond acceptors (Lipinski definition) is 3. The predicted molar refractivity (Wildman–Crippen MR) is 103 cm³/mol. The van der Waals surface area contributed by atoms with Gasteiger partial charge in [-0.05, 0) is 49.3 Å². The van der Waals surface area contributed by atoms with E-state index in [0.29, 0.717) is 18.1 Å². The van der Waals surface area contributed by atoms with Crippen LogP contribution in [0.15, 0.2) is 40.9 Å². The van der Waals surface area contributed by atoms with Crippen molar-refractivity contribution in [1.29, 1.82) is 0 Å². The number of nitrogens with one attached hydrogen (secondary N) is 1. The van der Waals surface area contributed by atoms with E-state index in [0.717, 1.165) is 45.5 Å². The van der Waals surface area contributed by atoms with Crippen LogP contribution < -0.4 is 5.32 Å². The van der Waals surface area contributed by atoms with Crippen molar-refractivity contribution < 1.29 is 4.74 Å². The molecule has 3 unspecified atom stereocenters. The zero-order valence-corrected chi connectivity index (χ0v) is 16.2. The highest BCUT2D eigenvalue weighted by molar-refractivity contribution is 9.11. The molecule has 0 spiro atoms. The van der Waals surface area contributed by atoms with Crippen molar-refractivity contribution in [2.45, 2.75) is 44.4 Å². The van der Waals surface area contributed by atoms with E-state index in [1.807, 2.05) is 0 Å². The number of halogens is 1. The Morgan fingerprint density at radius 2 is 2.08 bits per heavy atom. The summed E-state index contributed by atoms with van der Waals surface area (Å²) in [5.41, 5.74) is 1.40. The average molecular weight is 393 g/mol. The van der Waals surface area contributed by atoms with Gasteiger partial charge in [-0.2, -0.15) is 0 Å². The van der Waals surface area contributed by atoms with Crippen molar-refractivity contribution in [3.05, 3.63) is 46.5 Å². The van der Waals surface area contributed by atoms with Gasteiger partial charge in [0.05, 0.1) is 12.7 Å². The zero-order valence-electron chi connectivity index (χ0n) is 14.6. The molecule has 1 N–H and O–H groups in total. The molecule has 2 aliphatic rings. The minimum absolute atomic E-state index is 0.397. The molecular weight excluding hydrogens is 364 g/mol. The van der Waals surface area contributed by atoms with Crippen LogP contribution in [0.4, 0.5) is 0 Å². The molecule has 0 radical (unpaired) electrons. The molecule has 3 atom stereocenters. The van der Waals surface area contributed by atoms with E-state index in [1.165, 1.54) is 16.5 Å². The quantitative estimate of drug-likeness (QED) is 0.792. The Bertz CT molecular complexity index is 534. The van der Waals surface area contributed by atoms with Gasteiger partial charge in [0.1, 0.15) is 0 Å². The maximum absolute atomic E-state index is 6.27. The molecule has 3 nitrogen and oxygen atoms in total. The SMILES string of the molecule is CNC1CCN(Cc2ccccc2)CC1COC1CC=C(Br)CC1. The Balaban J connectivity index is 1.51. The fourth-order valence-electron chi connectivity index (χ4n) is 3.83. The maximum atomic E-state index is 6.27. The standard InChI is InChI=1S/C20H29BrN2O/c1-22-20-11-12-23(13-16-5-3-2-4-6-16)14-17(20)15-24-19-9-7-18(21)8-10-19/h2-7,17,19-20,22H,8-15H2,1H3. The van der Waals surface area contributed by atoms with E-state index in [1.54, 1.807) is 0 Å². The monoisotopic (exact) mass is 392 g/mol. The summed E-state index contributed by atoms with van der Waals surface area (Å²) in [4.78, 5) is 2.58. The summed E-state index contributed by atoms with van der Waals surface area (Å²) in [6.45, 7) is 4.20. The van der Waals surface area contributed by atoms with Crippen molar-refractivity contribution in [1.82, 2.24) is 10.2 Å². The maximum Gasteiger partial charge on any atom is 0.0613 e. The Morgan fingerprint density at radius 3 is 2.79 bits per heavy atom. The van der Waals surface area contributed by atoms with Gasteiger partial charge in [0.2, 0.25) is 0 Å². The predicted octanol–water partition coefficient (Wildman–Crippen LogP) is 3.94. The van der Waals surface area contributed by atoms with Gasteiger partial charge in [-0.1, -0.05) is 52.3 Å². The van der Waals surface area contributed by atoms with Crippen LogP contribution in [0, 0.1) is 5.92 Å². The molecule has 0 amide bonds. The van der Waals surface area contributed by atoms with Crippen molar-refractivity contribution in [2.75, 3.05) is 26.7 Å². The molecule has 1 aromatic carbocycles. The molecular formula is C20H29BrN2O. The van der Waals surface area contributed by atoms with Gasteiger partial charge in [0, 0.05) is 25.0 Å². The van der Waals surface area contributed by atoms with Gasteiger partial charge >= 0.3 is 0 Å². The van der Waals surface area contributed by atoms with E-state index in [9.17, 15) is 0 Å². The van der Waals surface area contributed by atoms with Crippen LogP contribution in [-0.4, -0.2) is 43.8 Å². The summed E-state index contributed by atoms with van der Waals surface area (Å²) in [7, 11) is 2.09. The first-order valence-corrected chi connectivity index (χ1v) is 9.93. The molecule has 0 saturated carbocycles. The van der Waals surface area contributed by atoms with Crippen LogP contribution in [0.3, 0.4) is 0 Å². The fourth-order valence-corrected chi connectivity index (χ4v) is 4.25. The summed E-state index contributed by atoms with van der Waals surface area (Å²) in [6, 6.07) is 11.4. The smallest absolute Gasteiger partial charge is 0.0613 e. The summed E-state index contributed by atoms with van der Waals surface area (Å²) in [6.07, 6.45) is 7.17. The first-order chi connectivity index (χ1) is 11.7. The molecule has 0 aromatic heterocycles. The molecule has 1 heterocycles. The van der Waals surface area contributed by atoms with Crippen molar-refractivity contribution in [3.63, 3.8) is 0 Å². The molecule has 132 valence electrons. The highest BCUT2D eigenvalue weighted by Gasteiger charge is 2.29. The fraction of sp³-hybridized carbons (Fsp3) is 0.600.